The van der Waals surface area contributed by atoms with Gasteiger partial charge in [0.05, 0.1) is 24.8 Å². The summed E-state index contributed by atoms with van der Waals surface area (Å²) in [5.74, 6) is 2.21. The average molecular weight is 552 g/mol. The number of rotatable bonds is 10. The third-order valence-electron chi connectivity index (χ3n) is 5.64. The lowest BCUT2D eigenvalue weighted by atomic mass is 9.79. The molecule has 0 heterocycles. The average Bonchev–Trinajstić information content (AvgIpc) is 3.52. The van der Waals surface area contributed by atoms with E-state index < -0.39 is 5.60 Å². The van der Waals surface area contributed by atoms with Crippen LogP contribution < -0.4 is 15.4 Å². The number of guanidine groups is 1. The number of thioether (sulfide) groups is 1. The summed E-state index contributed by atoms with van der Waals surface area (Å²) in [6, 6.07) is 4.99. The molecule has 3 N–H and O–H groups in total. The summed E-state index contributed by atoms with van der Waals surface area (Å²) in [6.45, 7) is 7.77. The highest BCUT2D eigenvalue weighted by Gasteiger charge is 2.45. The first-order chi connectivity index (χ1) is 13.9. The molecular weight excluding hydrogens is 516 g/mol. The number of aliphatic hydroxyl groups is 1. The molecule has 0 aliphatic heterocycles. The van der Waals surface area contributed by atoms with E-state index in [4.69, 9.17) is 4.74 Å². The number of hydrogen-bond acceptors (Lipinski definition) is 4. The molecule has 0 amide bonds. The van der Waals surface area contributed by atoms with Gasteiger partial charge in [-0.05, 0) is 68.9 Å². The third-order valence-corrected chi connectivity index (χ3v) is 7.05. The normalized spacial score (nSPS) is 24.4. The van der Waals surface area contributed by atoms with Crippen molar-refractivity contribution in [2.75, 3.05) is 25.4 Å². The Labute approximate surface area is 201 Å². The molecule has 0 spiro atoms. The zero-order chi connectivity index (χ0) is 20.9. The van der Waals surface area contributed by atoms with Crippen molar-refractivity contribution in [2.24, 2.45) is 10.9 Å². The van der Waals surface area contributed by atoms with Crippen LogP contribution in [0.1, 0.15) is 58.1 Å². The van der Waals surface area contributed by atoms with E-state index in [1.807, 2.05) is 19.9 Å². The number of nitrogens with one attached hydrogen (secondary N) is 2. The van der Waals surface area contributed by atoms with Crippen LogP contribution in [-0.4, -0.2) is 47.4 Å². The molecular formula is C22H35FIN3O2S. The lowest BCUT2D eigenvalue weighted by molar-refractivity contribution is -0.0154. The maximum absolute atomic E-state index is 14.4. The Balaban J connectivity index is 0.00000320. The fourth-order valence-electron chi connectivity index (χ4n) is 3.44. The number of nitrogens with zero attached hydrogens (tertiary/aromatic N) is 1. The van der Waals surface area contributed by atoms with Gasteiger partial charge in [0.25, 0.3) is 0 Å². The van der Waals surface area contributed by atoms with Crippen LogP contribution in [0.5, 0.6) is 5.75 Å². The van der Waals surface area contributed by atoms with Crippen molar-refractivity contribution in [1.82, 2.24) is 10.6 Å². The fraction of sp³-hybridized carbons (Fsp3) is 0.682. The molecule has 0 saturated heterocycles. The van der Waals surface area contributed by atoms with Crippen molar-refractivity contribution in [2.45, 2.75) is 63.3 Å². The van der Waals surface area contributed by atoms with Crippen molar-refractivity contribution < 1.29 is 14.2 Å². The first-order valence-corrected chi connectivity index (χ1v) is 11.8. The minimum atomic E-state index is -0.723. The maximum Gasteiger partial charge on any atom is 0.191 e. The van der Waals surface area contributed by atoms with Crippen molar-refractivity contribution in [3.63, 3.8) is 0 Å². The summed E-state index contributed by atoms with van der Waals surface area (Å²) < 4.78 is 20.0. The van der Waals surface area contributed by atoms with Gasteiger partial charge in [-0.1, -0.05) is 13.0 Å². The molecule has 2 saturated carbocycles. The molecule has 3 unspecified atom stereocenters. The number of ether oxygens (including phenoxy) is 1. The quantitative estimate of drug-likeness (QED) is 0.227. The molecule has 0 bridgehead atoms. The summed E-state index contributed by atoms with van der Waals surface area (Å²) in [5.41, 5.74) is 0.104. The highest BCUT2D eigenvalue weighted by atomic mass is 127. The summed E-state index contributed by atoms with van der Waals surface area (Å²) in [6.07, 6.45) is 4.19. The Bertz CT molecular complexity index is 720. The monoisotopic (exact) mass is 551 g/mol. The van der Waals surface area contributed by atoms with Crippen molar-refractivity contribution >= 4 is 41.7 Å². The summed E-state index contributed by atoms with van der Waals surface area (Å²) in [7, 11) is 0. The predicted molar refractivity (Wildman–Crippen MR) is 134 cm³/mol. The van der Waals surface area contributed by atoms with E-state index >= 15 is 0 Å². The molecule has 1 aromatic rings. The molecule has 170 valence electrons. The van der Waals surface area contributed by atoms with E-state index in [2.05, 4.69) is 22.5 Å². The molecule has 0 radical (unpaired) electrons. The molecule has 2 aliphatic rings. The van der Waals surface area contributed by atoms with E-state index in [9.17, 15) is 9.50 Å². The Morgan fingerprint density at radius 2 is 2.13 bits per heavy atom. The van der Waals surface area contributed by atoms with Crippen LogP contribution in [0.2, 0.25) is 0 Å². The van der Waals surface area contributed by atoms with Gasteiger partial charge in [-0.25, -0.2) is 4.39 Å². The molecule has 3 rings (SSSR count). The highest BCUT2D eigenvalue weighted by Crippen LogP contribution is 2.41. The largest absolute Gasteiger partial charge is 0.490 e. The van der Waals surface area contributed by atoms with Crippen molar-refractivity contribution in [1.29, 1.82) is 0 Å². The summed E-state index contributed by atoms with van der Waals surface area (Å²) in [4.78, 5) is 4.61. The summed E-state index contributed by atoms with van der Waals surface area (Å²) in [5, 5.41) is 17.6. The van der Waals surface area contributed by atoms with Gasteiger partial charge in [-0.2, -0.15) is 11.8 Å². The molecule has 0 aromatic heterocycles. The van der Waals surface area contributed by atoms with Gasteiger partial charge >= 0.3 is 0 Å². The molecule has 2 fully saturated rings. The van der Waals surface area contributed by atoms with Crippen LogP contribution in [0.4, 0.5) is 4.39 Å². The van der Waals surface area contributed by atoms with Gasteiger partial charge < -0.3 is 20.5 Å². The topological polar surface area (TPSA) is 65.9 Å². The smallest absolute Gasteiger partial charge is 0.191 e. The molecule has 1 aromatic carbocycles. The second-order valence-corrected chi connectivity index (χ2v) is 9.57. The second-order valence-electron chi connectivity index (χ2n) is 8.09. The van der Waals surface area contributed by atoms with Gasteiger partial charge in [0, 0.05) is 11.8 Å². The lowest BCUT2D eigenvalue weighted by Crippen LogP contribution is -2.53. The van der Waals surface area contributed by atoms with E-state index in [1.54, 1.807) is 17.8 Å². The molecule has 8 heteroatoms. The Morgan fingerprint density at radius 1 is 1.37 bits per heavy atom. The van der Waals surface area contributed by atoms with Crippen molar-refractivity contribution in [3.8, 4) is 5.75 Å². The summed E-state index contributed by atoms with van der Waals surface area (Å²) >= 11 is 1.80. The van der Waals surface area contributed by atoms with Gasteiger partial charge in [-0.3, -0.25) is 4.99 Å². The minimum Gasteiger partial charge on any atom is -0.490 e. The van der Waals surface area contributed by atoms with Gasteiger partial charge in [0.1, 0.15) is 0 Å². The van der Waals surface area contributed by atoms with Crippen LogP contribution in [0.3, 0.4) is 0 Å². The van der Waals surface area contributed by atoms with E-state index in [-0.39, 0.29) is 41.1 Å². The first kappa shape index (κ1) is 25.5. The van der Waals surface area contributed by atoms with Crippen LogP contribution in [0, 0.1) is 11.7 Å². The molecule has 2 aliphatic carbocycles. The molecule has 5 nitrogen and oxygen atoms in total. The Kier molecular flexibility index (Phi) is 10.0. The highest BCUT2D eigenvalue weighted by molar-refractivity contribution is 14.0. The Morgan fingerprint density at radius 3 is 2.70 bits per heavy atom. The molecule has 3 atom stereocenters. The third kappa shape index (κ3) is 6.88. The first-order valence-electron chi connectivity index (χ1n) is 10.8. The maximum atomic E-state index is 14.4. The van der Waals surface area contributed by atoms with Gasteiger partial charge in [0.2, 0.25) is 0 Å². The van der Waals surface area contributed by atoms with E-state index in [1.165, 1.54) is 18.9 Å². The molecule has 30 heavy (non-hydrogen) atoms. The second kappa shape index (κ2) is 11.8. The number of hydrogen-bond donors (Lipinski definition) is 3. The lowest BCUT2D eigenvalue weighted by Gasteiger charge is -2.44. The van der Waals surface area contributed by atoms with Crippen LogP contribution >= 0.6 is 35.7 Å². The SMILES string of the molecule is CCNC(=NCC1(O)CCC1SCC)NC(C)c1ccc(OCC2CC2)c(F)c1.I. The van der Waals surface area contributed by atoms with Gasteiger partial charge in [-0.15, -0.1) is 24.0 Å². The van der Waals surface area contributed by atoms with Crippen LogP contribution in [-0.2, 0) is 0 Å². The predicted octanol–water partition coefficient (Wildman–Crippen LogP) is 4.50. The number of benzene rings is 1. The van der Waals surface area contributed by atoms with Gasteiger partial charge in [0.15, 0.2) is 17.5 Å². The minimum absolute atomic E-state index is 0. The van der Waals surface area contributed by atoms with Crippen molar-refractivity contribution in [3.05, 3.63) is 29.6 Å². The van der Waals surface area contributed by atoms with Crippen LogP contribution in [0.15, 0.2) is 23.2 Å². The van der Waals surface area contributed by atoms with E-state index in [0.29, 0.717) is 37.3 Å². The number of halogens is 2. The van der Waals surface area contributed by atoms with E-state index in [0.717, 1.165) is 24.2 Å². The fourth-order valence-corrected chi connectivity index (χ4v) is 4.63. The Hall–Kier alpha value is -0.740. The standard InChI is InChI=1S/C22H34FN3O2S.HI/c1-4-24-21(25-14-22(27)11-10-20(22)29-5-2)26-15(3)17-8-9-19(18(23)12-17)28-13-16-6-7-16;/h8-9,12,15-16,20,27H,4-7,10-11,13-14H2,1-3H3,(H2,24,25,26);1H. The zero-order valence-corrected chi connectivity index (χ0v) is 21.3. The van der Waals surface area contributed by atoms with Crippen LogP contribution in [0.25, 0.3) is 0 Å². The number of aliphatic imine (C=N–C) groups is 1. The zero-order valence-electron chi connectivity index (χ0n) is 18.1.